The Morgan fingerprint density at radius 1 is 1.50 bits per heavy atom. The number of likely N-dealkylation sites (tertiary alicyclic amines) is 1. The van der Waals surface area contributed by atoms with Gasteiger partial charge in [-0.25, -0.2) is 4.98 Å². The van der Waals surface area contributed by atoms with E-state index >= 15 is 0 Å². The summed E-state index contributed by atoms with van der Waals surface area (Å²) >= 11 is 1.75. The summed E-state index contributed by atoms with van der Waals surface area (Å²) in [6.07, 6.45) is 3.55. The van der Waals surface area contributed by atoms with Gasteiger partial charge in [0.25, 0.3) is 0 Å². The summed E-state index contributed by atoms with van der Waals surface area (Å²) < 4.78 is 0. The number of carbonyl (C=O) groups is 1. The fourth-order valence-electron chi connectivity index (χ4n) is 2.44. The van der Waals surface area contributed by atoms with E-state index in [-0.39, 0.29) is 5.91 Å². The van der Waals surface area contributed by atoms with Gasteiger partial charge < -0.3 is 15.1 Å². The molecule has 6 heteroatoms. The number of anilines is 1. The van der Waals surface area contributed by atoms with Gasteiger partial charge in [-0.3, -0.25) is 4.79 Å². The molecule has 0 aliphatic carbocycles. The van der Waals surface area contributed by atoms with E-state index in [1.54, 1.807) is 11.3 Å². The number of carbonyl (C=O) groups excluding carboxylic acids is 1. The number of likely N-dealkylation sites (N-methyl/N-ethyl adjacent to an activating group) is 1. The SMILES string of the molecule is CCN(CC)c1ncc(CNC2CCC(=O)N(C)C2)s1. The molecule has 1 amide bonds. The van der Waals surface area contributed by atoms with E-state index in [9.17, 15) is 4.79 Å². The van der Waals surface area contributed by atoms with Gasteiger partial charge in [0, 0.05) is 56.8 Å². The normalized spacial score (nSPS) is 19.4. The smallest absolute Gasteiger partial charge is 0.222 e. The van der Waals surface area contributed by atoms with Crippen LogP contribution in [0.1, 0.15) is 31.6 Å². The average Bonchev–Trinajstić information content (AvgIpc) is 2.90. The fraction of sp³-hybridized carbons (Fsp3) is 0.714. The van der Waals surface area contributed by atoms with Crippen molar-refractivity contribution in [1.29, 1.82) is 0 Å². The third-order valence-electron chi connectivity index (χ3n) is 3.77. The van der Waals surface area contributed by atoms with Crippen LogP contribution in [-0.2, 0) is 11.3 Å². The van der Waals surface area contributed by atoms with Crippen LogP contribution in [0.25, 0.3) is 0 Å². The number of thiazole rings is 1. The lowest BCUT2D eigenvalue weighted by atomic mass is 10.1. The Balaban J connectivity index is 1.84. The van der Waals surface area contributed by atoms with Crippen LogP contribution in [0.4, 0.5) is 5.13 Å². The van der Waals surface area contributed by atoms with E-state index in [2.05, 4.69) is 29.0 Å². The molecule has 1 aliphatic rings. The van der Waals surface area contributed by atoms with Crippen molar-refractivity contribution in [1.82, 2.24) is 15.2 Å². The molecule has 1 saturated heterocycles. The summed E-state index contributed by atoms with van der Waals surface area (Å²) in [5, 5.41) is 4.63. The Hall–Kier alpha value is -1.14. The first kappa shape index (κ1) is 15.3. The standard InChI is InChI=1S/C14H24N4OS/c1-4-18(5-2)14-16-9-12(20-14)8-15-11-6-7-13(19)17(3)10-11/h9,11,15H,4-8,10H2,1-3H3. The fourth-order valence-corrected chi connectivity index (χ4v) is 3.43. The predicted molar refractivity (Wildman–Crippen MR) is 83.2 cm³/mol. The lowest BCUT2D eigenvalue weighted by Crippen LogP contribution is -2.46. The lowest BCUT2D eigenvalue weighted by molar-refractivity contribution is -0.132. The first-order chi connectivity index (χ1) is 9.63. The Labute approximate surface area is 125 Å². The Kier molecular flexibility index (Phi) is 5.37. The molecule has 20 heavy (non-hydrogen) atoms. The van der Waals surface area contributed by atoms with E-state index in [0.29, 0.717) is 12.5 Å². The highest BCUT2D eigenvalue weighted by Gasteiger charge is 2.22. The topological polar surface area (TPSA) is 48.5 Å². The van der Waals surface area contributed by atoms with Gasteiger partial charge in [-0.15, -0.1) is 11.3 Å². The number of amides is 1. The number of piperidine rings is 1. The van der Waals surface area contributed by atoms with Crippen LogP contribution in [0.5, 0.6) is 0 Å². The van der Waals surface area contributed by atoms with E-state index in [1.807, 2.05) is 18.1 Å². The molecular formula is C14H24N4OS. The molecule has 1 aromatic rings. The van der Waals surface area contributed by atoms with Crippen molar-refractivity contribution in [2.75, 3.05) is 31.6 Å². The minimum Gasteiger partial charge on any atom is -0.349 e. The molecule has 0 bridgehead atoms. The minimum absolute atomic E-state index is 0.254. The number of nitrogens with zero attached hydrogens (tertiary/aromatic N) is 3. The first-order valence-corrected chi connectivity index (χ1v) is 8.12. The number of hydrogen-bond donors (Lipinski definition) is 1. The Morgan fingerprint density at radius 3 is 2.90 bits per heavy atom. The van der Waals surface area contributed by atoms with Gasteiger partial charge in [0.1, 0.15) is 0 Å². The van der Waals surface area contributed by atoms with Gasteiger partial charge in [0.2, 0.25) is 5.91 Å². The molecule has 1 N–H and O–H groups in total. The van der Waals surface area contributed by atoms with Gasteiger partial charge in [-0.05, 0) is 20.3 Å². The first-order valence-electron chi connectivity index (χ1n) is 7.31. The van der Waals surface area contributed by atoms with E-state index < -0.39 is 0 Å². The maximum absolute atomic E-state index is 11.4. The average molecular weight is 296 g/mol. The van der Waals surface area contributed by atoms with Crippen LogP contribution < -0.4 is 10.2 Å². The van der Waals surface area contributed by atoms with E-state index in [1.165, 1.54) is 4.88 Å². The molecule has 0 aromatic carbocycles. The maximum atomic E-state index is 11.4. The molecule has 2 rings (SSSR count). The van der Waals surface area contributed by atoms with Gasteiger partial charge in [0.05, 0.1) is 0 Å². The third-order valence-corrected chi connectivity index (χ3v) is 4.83. The summed E-state index contributed by atoms with van der Waals surface area (Å²) in [7, 11) is 1.88. The molecule has 1 aromatic heterocycles. The Bertz CT molecular complexity index is 444. The Morgan fingerprint density at radius 2 is 2.25 bits per heavy atom. The molecule has 112 valence electrons. The molecule has 5 nitrogen and oxygen atoms in total. The minimum atomic E-state index is 0.254. The van der Waals surface area contributed by atoms with Crippen LogP contribution in [0.3, 0.4) is 0 Å². The zero-order valence-electron chi connectivity index (χ0n) is 12.6. The van der Waals surface area contributed by atoms with Gasteiger partial charge >= 0.3 is 0 Å². The zero-order chi connectivity index (χ0) is 14.5. The molecule has 2 heterocycles. The number of aromatic nitrogens is 1. The van der Waals surface area contributed by atoms with Crippen LogP contribution >= 0.6 is 11.3 Å². The second kappa shape index (κ2) is 7.04. The number of hydrogen-bond acceptors (Lipinski definition) is 5. The van der Waals surface area contributed by atoms with E-state index in [4.69, 9.17) is 0 Å². The summed E-state index contributed by atoms with van der Waals surface area (Å²) in [5.41, 5.74) is 0. The maximum Gasteiger partial charge on any atom is 0.222 e. The highest BCUT2D eigenvalue weighted by atomic mass is 32.1. The molecule has 1 atom stereocenters. The van der Waals surface area contributed by atoms with E-state index in [0.717, 1.165) is 37.7 Å². The molecule has 1 aliphatic heterocycles. The zero-order valence-corrected chi connectivity index (χ0v) is 13.4. The highest BCUT2D eigenvalue weighted by Crippen LogP contribution is 2.22. The van der Waals surface area contributed by atoms with Gasteiger partial charge in [-0.1, -0.05) is 0 Å². The lowest BCUT2D eigenvalue weighted by Gasteiger charge is -2.30. The third kappa shape index (κ3) is 3.70. The van der Waals surface area contributed by atoms with Crippen molar-refractivity contribution in [3.8, 4) is 0 Å². The number of rotatable bonds is 6. The van der Waals surface area contributed by atoms with Crippen LogP contribution in [0.2, 0.25) is 0 Å². The molecular weight excluding hydrogens is 272 g/mol. The quantitative estimate of drug-likeness (QED) is 0.868. The van der Waals surface area contributed by atoms with Crippen molar-refractivity contribution in [3.05, 3.63) is 11.1 Å². The molecule has 1 unspecified atom stereocenters. The van der Waals surface area contributed by atoms with Crippen molar-refractivity contribution in [2.45, 2.75) is 39.3 Å². The number of nitrogens with one attached hydrogen (secondary N) is 1. The second-order valence-electron chi connectivity index (χ2n) is 5.17. The highest BCUT2D eigenvalue weighted by molar-refractivity contribution is 7.15. The van der Waals surface area contributed by atoms with Crippen molar-refractivity contribution >= 4 is 22.4 Å². The summed E-state index contributed by atoms with van der Waals surface area (Å²) in [6.45, 7) is 7.93. The summed E-state index contributed by atoms with van der Waals surface area (Å²) in [6, 6.07) is 0.400. The summed E-state index contributed by atoms with van der Waals surface area (Å²) in [4.78, 5) is 21.3. The molecule has 0 spiro atoms. The van der Waals surface area contributed by atoms with Gasteiger partial charge in [-0.2, -0.15) is 0 Å². The molecule has 0 radical (unpaired) electrons. The molecule has 1 fully saturated rings. The molecule has 0 saturated carbocycles. The predicted octanol–water partition coefficient (Wildman–Crippen LogP) is 1.70. The van der Waals surface area contributed by atoms with Crippen molar-refractivity contribution < 1.29 is 4.79 Å². The van der Waals surface area contributed by atoms with Crippen LogP contribution in [0.15, 0.2) is 6.20 Å². The summed E-state index contributed by atoms with van der Waals surface area (Å²) in [5.74, 6) is 0.254. The van der Waals surface area contributed by atoms with Crippen LogP contribution in [0, 0.1) is 0 Å². The second-order valence-corrected chi connectivity index (χ2v) is 6.27. The van der Waals surface area contributed by atoms with Gasteiger partial charge in [0.15, 0.2) is 5.13 Å². The van der Waals surface area contributed by atoms with Crippen LogP contribution in [-0.4, -0.2) is 48.5 Å². The van der Waals surface area contributed by atoms with Crippen molar-refractivity contribution in [3.63, 3.8) is 0 Å². The van der Waals surface area contributed by atoms with Crippen molar-refractivity contribution in [2.24, 2.45) is 0 Å². The largest absolute Gasteiger partial charge is 0.349 e. The monoisotopic (exact) mass is 296 g/mol.